The van der Waals surface area contributed by atoms with E-state index in [0.29, 0.717) is 0 Å². The van der Waals surface area contributed by atoms with Crippen molar-refractivity contribution in [3.05, 3.63) is 39.7 Å². The summed E-state index contributed by atoms with van der Waals surface area (Å²) in [5, 5.41) is 0. The Morgan fingerprint density at radius 2 is 1.76 bits per heavy atom. The number of H-pyrrole nitrogens is 2. The minimum atomic E-state index is -5.11. The number of aromatic nitrogens is 8. The fraction of sp³-hybridized carbons (Fsp3) is 0.524. The van der Waals surface area contributed by atoms with Gasteiger partial charge in [-0.1, -0.05) is 0 Å². The van der Waals surface area contributed by atoms with Crippen LogP contribution in [0.3, 0.4) is 0 Å². The number of anilines is 1. The number of hydrogen-bond donors (Lipinski definition) is 5. The Bertz CT molecular complexity index is 2090. The molecule has 7 heterocycles. The highest BCUT2D eigenvalue weighted by atomic mass is 32.2. The highest BCUT2D eigenvalue weighted by Crippen LogP contribution is 2.51. The summed E-state index contributed by atoms with van der Waals surface area (Å²) in [5.41, 5.74) is 3.93. The first-order valence-corrected chi connectivity index (χ1v) is 16.2. The van der Waals surface area contributed by atoms with Gasteiger partial charge in [0.1, 0.15) is 30.5 Å². The van der Waals surface area contributed by atoms with E-state index in [1.165, 1.54) is 11.7 Å². The van der Waals surface area contributed by atoms with Gasteiger partial charge in [-0.2, -0.15) is 18.1 Å². The van der Waals surface area contributed by atoms with Gasteiger partial charge in [-0.05, 0) is 0 Å². The van der Waals surface area contributed by atoms with Gasteiger partial charge in [-0.25, -0.2) is 28.1 Å². The van der Waals surface area contributed by atoms with Crippen LogP contribution in [-0.2, 0) is 42.3 Å². The van der Waals surface area contributed by atoms with Crippen molar-refractivity contribution in [1.82, 2.24) is 43.8 Å². The van der Waals surface area contributed by atoms with E-state index in [4.69, 9.17) is 33.2 Å². The molecule has 9 atom stereocenters. The summed E-state index contributed by atoms with van der Waals surface area (Å²) in [4.78, 5) is 55.8. The maximum Gasteiger partial charge on any atom is 0.472 e. The van der Waals surface area contributed by atoms with Crippen molar-refractivity contribution in [2.75, 3.05) is 26.0 Å². The molecule has 22 nitrogen and oxygen atoms in total. The summed E-state index contributed by atoms with van der Waals surface area (Å²) in [5.74, 6) is -0.264. The summed E-state index contributed by atoms with van der Waals surface area (Å²) in [6.07, 6.45) is -9.48. The van der Waals surface area contributed by atoms with Crippen LogP contribution in [0.1, 0.15) is 12.5 Å². The topological polar surface area (TPSA) is 292 Å². The van der Waals surface area contributed by atoms with Crippen molar-refractivity contribution in [3.63, 3.8) is 0 Å². The van der Waals surface area contributed by atoms with Crippen molar-refractivity contribution in [2.24, 2.45) is 0 Å². The van der Waals surface area contributed by atoms with Gasteiger partial charge in [0, 0.05) is 13.7 Å². The Kier molecular flexibility index (Phi) is 7.54. The molecule has 7 rings (SSSR count). The van der Waals surface area contributed by atoms with Gasteiger partial charge in [0.25, 0.3) is 11.1 Å². The first-order chi connectivity index (χ1) is 21.9. The molecule has 1 unspecified atom stereocenters. The number of alkyl halides is 1. The highest BCUT2D eigenvalue weighted by molar-refractivity contribution is 7.84. The molecule has 0 saturated carbocycles. The Balaban J connectivity index is 1.23. The van der Waals surface area contributed by atoms with Crippen LogP contribution in [-0.4, -0.2) is 109 Å². The summed E-state index contributed by atoms with van der Waals surface area (Å²) < 4.78 is 92.7. The fourth-order valence-corrected chi connectivity index (χ4v) is 7.44. The number of nitrogens with zero attached hydrogens (tertiary/aromatic N) is 6. The molecule has 0 aliphatic carbocycles. The van der Waals surface area contributed by atoms with E-state index >= 15 is 4.39 Å². The van der Waals surface area contributed by atoms with Gasteiger partial charge < -0.3 is 29.8 Å². The number of phosphoric acid groups is 1. The van der Waals surface area contributed by atoms with Crippen LogP contribution in [0.5, 0.6) is 0 Å². The van der Waals surface area contributed by atoms with E-state index in [1.54, 1.807) is 0 Å². The minimum absolute atomic E-state index is 0.0835. The third kappa shape index (κ3) is 5.30. The average molecular weight is 691 g/mol. The standard InChI is InChI=1S/C21H24FN10O12PS/c1-39-13-7-2-28-46(37,38)44-12-8(42-19(9(12)22)31-5-26-10-15(31)24-4-25-17(10)33)3-40-45(35,36)43-14(13)20(41-7)32-6-27-11-16(32)29-21(23)30-18(11)34/h4-9,12-14,19-20,28H,2-3H2,1H3,(H,35,36)(H,24,25,33)(H3,23,29,30,34)/t7-,8-,9-,12-,13-,14-,19-,20-/m1/s1. The first-order valence-electron chi connectivity index (χ1n) is 13.3. The zero-order valence-corrected chi connectivity index (χ0v) is 24.9. The number of rotatable bonds is 3. The predicted molar refractivity (Wildman–Crippen MR) is 147 cm³/mol. The van der Waals surface area contributed by atoms with Crippen LogP contribution in [0.25, 0.3) is 22.3 Å². The van der Waals surface area contributed by atoms with E-state index in [0.717, 1.165) is 23.5 Å². The Labute approximate surface area is 254 Å². The molecule has 46 heavy (non-hydrogen) atoms. The number of imidazole rings is 2. The number of hydrogen-bond acceptors (Lipinski definition) is 16. The van der Waals surface area contributed by atoms with Crippen LogP contribution in [0, 0.1) is 0 Å². The third-order valence-corrected chi connectivity index (χ3v) is 9.53. The molecule has 3 saturated heterocycles. The second-order valence-electron chi connectivity index (χ2n) is 10.3. The number of aromatic amines is 2. The number of nitrogens with one attached hydrogen (secondary N) is 3. The number of phosphoric ester groups is 1. The van der Waals surface area contributed by atoms with Crippen LogP contribution in [0.2, 0.25) is 0 Å². The lowest BCUT2D eigenvalue weighted by Crippen LogP contribution is -2.44. The maximum atomic E-state index is 15.9. The van der Waals surface area contributed by atoms with Crippen LogP contribution in [0.4, 0.5) is 10.3 Å². The van der Waals surface area contributed by atoms with E-state index in [9.17, 15) is 27.5 Å². The fourth-order valence-electron chi connectivity index (χ4n) is 5.56. The van der Waals surface area contributed by atoms with Gasteiger partial charge in [0.2, 0.25) is 5.95 Å². The summed E-state index contributed by atoms with van der Waals surface area (Å²) in [6.45, 7) is -1.47. The summed E-state index contributed by atoms with van der Waals surface area (Å²) >= 11 is 0. The summed E-state index contributed by atoms with van der Waals surface area (Å²) in [6, 6.07) is 0. The number of fused-ring (bicyclic) bond motifs is 5. The zero-order valence-electron chi connectivity index (χ0n) is 23.2. The third-order valence-electron chi connectivity index (χ3n) is 7.54. The molecule has 6 N–H and O–H groups in total. The quantitative estimate of drug-likeness (QED) is 0.141. The Hall–Kier alpha value is -3.71. The molecule has 4 aromatic heterocycles. The second kappa shape index (κ2) is 11.2. The second-order valence-corrected chi connectivity index (χ2v) is 13.1. The lowest BCUT2D eigenvalue weighted by molar-refractivity contribution is -0.0568. The monoisotopic (exact) mass is 690 g/mol. The van der Waals surface area contributed by atoms with Crippen molar-refractivity contribution in [1.29, 1.82) is 0 Å². The molecule has 2 bridgehead atoms. The number of ether oxygens (including phenoxy) is 3. The minimum Gasteiger partial charge on any atom is -0.376 e. The van der Waals surface area contributed by atoms with E-state index in [1.807, 2.05) is 0 Å². The first kappa shape index (κ1) is 30.9. The van der Waals surface area contributed by atoms with Gasteiger partial charge in [-0.15, -0.1) is 0 Å². The van der Waals surface area contributed by atoms with E-state index in [2.05, 4.69) is 34.6 Å². The summed E-state index contributed by atoms with van der Waals surface area (Å²) in [7, 11) is -8.67. The lowest BCUT2D eigenvalue weighted by Gasteiger charge is -2.26. The highest BCUT2D eigenvalue weighted by Gasteiger charge is 2.54. The van der Waals surface area contributed by atoms with Crippen molar-refractivity contribution >= 4 is 46.4 Å². The predicted octanol–water partition coefficient (Wildman–Crippen LogP) is -2.28. The molecule has 25 heteroatoms. The number of methoxy groups -OCH3 is 1. The number of nitrogen functional groups attached to an aromatic ring is 1. The molecular formula is C21H24FN10O12PS. The van der Waals surface area contributed by atoms with Crippen LogP contribution in [0.15, 0.2) is 28.6 Å². The normalized spacial score (nSPS) is 35.0. The number of nitrogens with two attached hydrogens (primary N) is 1. The van der Waals surface area contributed by atoms with Gasteiger partial charge in [-0.3, -0.25) is 32.8 Å². The van der Waals surface area contributed by atoms with Crippen molar-refractivity contribution < 1.29 is 49.7 Å². The van der Waals surface area contributed by atoms with Crippen LogP contribution >= 0.6 is 7.82 Å². The Morgan fingerprint density at radius 1 is 1.07 bits per heavy atom. The molecular weight excluding hydrogens is 666 g/mol. The van der Waals surface area contributed by atoms with E-state index in [-0.39, 0.29) is 28.3 Å². The molecule has 3 aliphatic rings. The largest absolute Gasteiger partial charge is 0.472 e. The van der Waals surface area contributed by atoms with E-state index < -0.39 is 91.5 Å². The molecule has 0 aromatic carbocycles. The molecule has 0 spiro atoms. The molecule has 3 fully saturated rings. The lowest BCUT2D eigenvalue weighted by atomic mass is 10.1. The van der Waals surface area contributed by atoms with Crippen molar-refractivity contribution in [2.45, 2.75) is 49.1 Å². The van der Waals surface area contributed by atoms with Crippen LogP contribution < -0.4 is 21.6 Å². The molecule has 3 aliphatic heterocycles. The SMILES string of the molecule is CO[C@H]1[C@H]2OP(=O)(O)OC[C@H]3O[C@@H](n4cnc5c(=O)[nH]cnc54)[C@H](F)[C@@H]3OS(=O)(=O)NC[C@H]1O[C@H]2n1cnc2c(=O)[nH]c(N)nc21. The molecule has 4 aromatic rings. The molecule has 0 radical (unpaired) electrons. The molecule has 0 amide bonds. The van der Waals surface area contributed by atoms with Gasteiger partial charge in [0.05, 0.1) is 25.6 Å². The number of halogens is 1. The van der Waals surface area contributed by atoms with Crippen molar-refractivity contribution in [3.8, 4) is 0 Å². The molecule has 248 valence electrons. The zero-order chi connectivity index (χ0) is 32.5. The smallest absolute Gasteiger partial charge is 0.376 e. The maximum absolute atomic E-state index is 15.9. The van der Waals surface area contributed by atoms with Gasteiger partial charge in [0.15, 0.2) is 41.0 Å². The Morgan fingerprint density at radius 3 is 2.50 bits per heavy atom. The average Bonchev–Trinajstić information content (AvgIpc) is 3.75. The van der Waals surface area contributed by atoms with Gasteiger partial charge >= 0.3 is 18.1 Å².